The third kappa shape index (κ3) is 3.37. The van der Waals surface area contributed by atoms with Gasteiger partial charge < -0.3 is 20.0 Å². The van der Waals surface area contributed by atoms with Crippen LogP contribution in [-0.2, 0) is 9.59 Å². The van der Waals surface area contributed by atoms with E-state index in [0.717, 1.165) is 38.8 Å². The first-order chi connectivity index (χ1) is 13.4. The SMILES string of the molecule is CC(C)C(=O)N1C[C@H]2CN(C(=O)NC3CCCC3)C[C@@]2(C(=O)N2CCCC2)C1. The van der Waals surface area contributed by atoms with Gasteiger partial charge in [-0.05, 0) is 25.7 Å². The number of hydrogen-bond donors (Lipinski definition) is 1. The predicted octanol–water partition coefficient (Wildman–Crippen LogP) is 1.68. The Labute approximate surface area is 167 Å². The van der Waals surface area contributed by atoms with Gasteiger partial charge in [0.05, 0.1) is 5.41 Å². The molecule has 3 heterocycles. The van der Waals surface area contributed by atoms with Crippen molar-refractivity contribution in [2.45, 2.75) is 58.4 Å². The Bertz CT molecular complexity index is 640. The molecule has 0 spiro atoms. The largest absolute Gasteiger partial charge is 0.342 e. The molecule has 4 rings (SSSR count). The molecule has 0 radical (unpaired) electrons. The molecular weight excluding hydrogens is 356 g/mol. The number of rotatable bonds is 3. The molecule has 1 N–H and O–H groups in total. The zero-order valence-corrected chi connectivity index (χ0v) is 17.3. The van der Waals surface area contributed by atoms with Gasteiger partial charge in [0.15, 0.2) is 0 Å². The molecule has 0 bridgehead atoms. The Morgan fingerprint density at radius 3 is 2.14 bits per heavy atom. The summed E-state index contributed by atoms with van der Waals surface area (Å²) in [5, 5.41) is 3.17. The van der Waals surface area contributed by atoms with Crippen LogP contribution in [0.25, 0.3) is 0 Å². The van der Waals surface area contributed by atoms with E-state index in [9.17, 15) is 14.4 Å². The summed E-state index contributed by atoms with van der Waals surface area (Å²) in [7, 11) is 0. The van der Waals surface area contributed by atoms with E-state index >= 15 is 0 Å². The van der Waals surface area contributed by atoms with Gasteiger partial charge in [0.2, 0.25) is 11.8 Å². The summed E-state index contributed by atoms with van der Waals surface area (Å²) in [6.07, 6.45) is 6.56. The zero-order valence-electron chi connectivity index (χ0n) is 17.3. The van der Waals surface area contributed by atoms with Crippen LogP contribution in [0.15, 0.2) is 0 Å². The van der Waals surface area contributed by atoms with Gasteiger partial charge in [-0.25, -0.2) is 4.79 Å². The number of amides is 4. The third-order valence-corrected chi connectivity index (χ3v) is 7.20. The Kier molecular flexibility index (Phi) is 5.27. The Morgan fingerprint density at radius 1 is 0.893 bits per heavy atom. The average Bonchev–Trinajstić information content (AvgIpc) is 3.42. The van der Waals surface area contributed by atoms with Gasteiger partial charge in [0.1, 0.15) is 0 Å². The molecule has 156 valence electrons. The number of carbonyl (C=O) groups is 3. The zero-order chi connectivity index (χ0) is 19.9. The van der Waals surface area contributed by atoms with Gasteiger partial charge in [0, 0.05) is 57.1 Å². The molecule has 7 nitrogen and oxygen atoms in total. The van der Waals surface area contributed by atoms with Crippen molar-refractivity contribution in [3.8, 4) is 0 Å². The minimum Gasteiger partial charge on any atom is -0.342 e. The first-order valence-electron chi connectivity index (χ1n) is 11.0. The van der Waals surface area contributed by atoms with Crippen LogP contribution < -0.4 is 5.32 Å². The fourth-order valence-corrected chi connectivity index (χ4v) is 5.63. The number of fused-ring (bicyclic) bond motifs is 1. The number of nitrogens with zero attached hydrogens (tertiary/aromatic N) is 3. The topological polar surface area (TPSA) is 73.0 Å². The van der Waals surface area contributed by atoms with Gasteiger partial charge in [-0.1, -0.05) is 26.7 Å². The molecule has 2 atom stereocenters. The molecule has 4 aliphatic rings. The predicted molar refractivity (Wildman–Crippen MR) is 106 cm³/mol. The van der Waals surface area contributed by atoms with Crippen LogP contribution in [0, 0.1) is 17.3 Å². The number of nitrogens with one attached hydrogen (secondary N) is 1. The molecule has 4 fully saturated rings. The highest BCUT2D eigenvalue weighted by molar-refractivity contribution is 5.88. The van der Waals surface area contributed by atoms with E-state index in [-0.39, 0.29) is 35.7 Å². The van der Waals surface area contributed by atoms with Crippen LogP contribution in [0.2, 0.25) is 0 Å². The lowest BCUT2D eigenvalue weighted by atomic mass is 9.79. The van der Waals surface area contributed by atoms with E-state index < -0.39 is 5.41 Å². The minimum atomic E-state index is -0.623. The monoisotopic (exact) mass is 390 g/mol. The molecule has 0 unspecified atom stereocenters. The van der Waals surface area contributed by atoms with Gasteiger partial charge >= 0.3 is 6.03 Å². The fourth-order valence-electron chi connectivity index (χ4n) is 5.63. The maximum Gasteiger partial charge on any atom is 0.317 e. The van der Waals surface area contributed by atoms with Crippen molar-refractivity contribution in [3.63, 3.8) is 0 Å². The van der Waals surface area contributed by atoms with Crippen LogP contribution >= 0.6 is 0 Å². The number of hydrogen-bond acceptors (Lipinski definition) is 3. The van der Waals surface area contributed by atoms with Crippen LogP contribution in [0.5, 0.6) is 0 Å². The number of carbonyl (C=O) groups excluding carboxylic acids is 3. The maximum absolute atomic E-state index is 13.5. The highest BCUT2D eigenvalue weighted by atomic mass is 16.2. The van der Waals surface area contributed by atoms with E-state index in [2.05, 4.69) is 5.32 Å². The van der Waals surface area contributed by atoms with Crippen molar-refractivity contribution in [2.24, 2.45) is 17.3 Å². The lowest BCUT2D eigenvalue weighted by molar-refractivity contribution is -0.141. The smallest absolute Gasteiger partial charge is 0.317 e. The standard InChI is InChI=1S/C21H34N4O3/c1-15(2)18(26)24-11-16-12-25(20(28)22-17-7-3-4-8-17)14-21(16,13-24)19(27)23-9-5-6-10-23/h15-17H,3-14H2,1-2H3,(H,22,28)/t16-,21-/m0/s1. The van der Waals surface area contributed by atoms with Crippen molar-refractivity contribution in [1.29, 1.82) is 0 Å². The summed E-state index contributed by atoms with van der Waals surface area (Å²) in [5.41, 5.74) is -0.623. The van der Waals surface area contributed by atoms with Crippen molar-refractivity contribution in [2.75, 3.05) is 39.3 Å². The number of urea groups is 1. The molecule has 28 heavy (non-hydrogen) atoms. The van der Waals surface area contributed by atoms with E-state index in [1.54, 1.807) is 0 Å². The van der Waals surface area contributed by atoms with Crippen LogP contribution in [-0.4, -0.2) is 77.9 Å². The van der Waals surface area contributed by atoms with E-state index in [4.69, 9.17) is 0 Å². The average molecular weight is 391 g/mol. The molecule has 4 amide bonds. The van der Waals surface area contributed by atoms with Crippen molar-refractivity contribution in [1.82, 2.24) is 20.0 Å². The van der Waals surface area contributed by atoms with Gasteiger partial charge in [-0.15, -0.1) is 0 Å². The maximum atomic E-state index is 13.5. The second-order valence-corrected chi connectivity index (χ2v) is 9.54. The van der Waals surface area contributed by atoms with Gasteiger partial charge in [0.25, 0.3) is 0 Å². The molecule has 1 aliphatic carbocycles. The summed E-state index contributed by atoms with van der Waals surface area (Å²) < 4.78 is 0. The lowest BCUT2D eigenvalue weighted by Gasteiger charge is -2.32. The quantitative estimate of drug-likeness (QED) is 0.797. The van der Waals surface area contributed by atoms with Gasteiger partial charge in [-0.3, -0.25) is 9.59 Å². The summed E-state index contributed by atoms with van der Waals surface area (Å²) in [5.74, 6) is 0.243. The van der Waals surface area contributed by atoms with Crippen molar-refractivity contribution < 1.29 is 14.4 Å². The second-order valence-electron chi connectivity index (χ2n) is 9.54. The molecule has 3 aliphatic heterocycles. The van der Waals surface area contributed by atoms with Crippen LogP contribution in [0.1, 0.15) is 52.4 Å². The third-order valence-electron chi connectivity index (χ3n) is 7.20. The fraction of sp³-hybridized carbons (Fsp3) is 0.857. The Hall–Kier alpha value is -1.79. The highest BCUT2D eigenvalue weighted by Gasteiger charge is 2.60. The summed E-state index contributed by atoms with van der Waals surface area (Å²) in [6, 6.07) is 0.244. The molecule has 0 aromatic carbocycles. The van der Waals surface area contributed by atoms with E-state index in [1.807, 2.05) is 28.5 Å². The normalized spacial score (nSPS) is 30.4. The Morgan fingerprint density at radius 2 is 1.50 bits per heavy atom. The lowest BCUT2D eigenvalue weighted by Crippen LogP contribution is -2.51. The summed E-state index contributed by atoms with van der Waals surface area (Å²) >= 11 is 0. The summed E-state index contributed by atoms with van der Waals surface area (Å²) in [4.78, 5) is 44.7. The molecule has 7 heteroatoms. The minimum absolute atomic E-state index is 0.0309. The molecule has 1 saturated carbocycles. The van der Waals surface area contributed by atoms with E-state index in [0.29, 0.717) is 26.2 Å². The number of likely N-dealkylation sites (tertiary alicyclic amines) is 3. The van der Waals surface area contributed by atoms with Gasteiger partial charge in [-0.2, -0.15) is 0 Å². The van der Waals surface area contributed by atoms with Crippen molar-refractivity contribution in [3.05, 3.63) is 0 Å². The summed E-state index contributed by atoms with van der Waals surface area (Å²) in [6.45, 7) is 7.48. The second kappa shape index (κ2) is 7.56. The van der Waals surface area contributed by atoms with Crippen LogP contribution in [0.3, 0.4) is 0 Å². The van der Waals surface area contributed by atoms with Crippen molar-refractivity contribution >= 4 is 17.8 Å². The molecule has 3 saturated heterocycles. The Balaban J connectivity index is 1.51. The van der Waals surface area contributed by atoms with Crippen LogP contribution in [0.4, 0.5) is 4.79 Å². The first-order valence-corrected chi connectivity index (χ1v) is 11.0. The molecular formula is C21H34N4O3. The first kappa shape index (κ1) is 19.5. The molecule has 0 aromatic heterocycles. The van der Waals surface area contributed by atoms with E-state index in [1.165, 1.54) is 12.8 Å². The molecule has 0 aromatic rings. The highest BCUT2D eigenvalue weighted by Crippen LogP contribution is 2.45.